The van der Waals surface area contributed by atoms with E-state index >= 15 is 0 Å². The average molecular weight is 333 g/mol. The molecule has 0 saturated heterocycles. The molecule has 0 amide bonds. The van der Waals surface area contributed by atoms with Crippen LogP contribution in [-0.2, 0) is 0 Å². The largest absolute Gasteiger partial charge is 0.493 e. The van der Waals surface area contributed by atoms with Crippen molar-refractivity contribution in [3.8, 4) is 16.9 Å². The van der Waals surface area contributed by atoms with Gasteiger partial charge >= 0.3 is 0 Å². The van der Waals surface area contributed by atoms with Crippen molar-refractivity contribution in [3.05, 3.63) is 53.1 Å². The number of alkyl halides is 1. The normalized spacial score (nSPS) is 10.6. The number of aryl methyl sites for hydroxylation is 1. The van der Waals surface area contributed by atoms with Crippen LogP contribution in [0.15, 0.2) is 36.4 Å². The van der Waals surface area contributed by atoms with Crippen LogP contribution >= 0.6 is 15.9 Å². The molecule has 2 aromatic carbocycles. The number of hydrogen-bond donors (Lipinski definition) is 0. The van der Waals surface area contributed by atoms with E-state index < -0.39 is 0 Å². The van der Waals surface area contributed by atoms with Crippen molar-refractivity contribution >= 4 is 15.9 Å². The molecule has 1 nitrogen and oxygen atoms in total. The first kappa shape index (κ1) is 15.1. The lowest BCUT2D eigenvalue weighted by Crippen LogP contribution is -2.00. The molecule has 0 fully saturated rings. The van der Waals surface area contributed by atoms with Crippen LogP contribution in [0.25, 0.3) is 11.1 Å². The maximum absolute atomic E-state index is 5.88. The summed E-state index contributed by atoms with van der Waals surface area (Å²) in [5, 5.41) is 0.975. The van der Waals surface area contributed by atoms with Crippen molar-refractivity contribution < 1.29 is 4.74 Å². The third kappa shape index (κ3) is 3.24. The van der Waals surface area contributed by atoms with Crippen LogP contribution < -0.4 is 4.74 Å². The Morgan fingerprint density at radius 1 is 0.900 bits per heavy atom. The molecule has 0 radical (unpaired) electrons. The van der Waals surface area contributed by atoms with E-state index in [2.05, 4.69) is 73.1 Å². The van der Waals surface area contributed by atoms with Crippen LogP contribution in [0.3, 0.4) is 0 Å². The highest BCUT2D eigenvalue weighted by atomic mass is 79.9. The molecular weight excluding hydrogens is 312 g/mol. The Kier molecular flexibility index (Phi) is 5.24. The highest BCUT2D eigenvalue weighted by molar-refractivity contribution is 9.09. The first-order valence-electron chi connectivity index (χ1n) is 7.00. The second-order valence-electron chi connectivity index (χ2n) is 5.07. The van der Waals surface area contributed by atoms with Gasteiger partial charge in [-0.1, -0.05) is 46.3 Å². The van der Waals surface area contributed by atoms with E-state index in [1.807, 2.05) is 0 Å². The van der Waals surface area contributed by atoms with E-state index in [-0.39, 0.29) is 0 Å². The van der Waals surface area contributed by atoms with Gasteiger partial charge in [0.25, 0.3) is 0 Å². The Hall–Kier alpha value is -1.28. The third-order valence-electron chi connectivity index (χ3n) is 3.71. The van der Waals surface area contributed by atoms with E-state index in [1.165, 1.54) is 27.8 Å². The molecule has 0 bridgehead atoms. The van der Waals surface area contributed by atoms with Crippen LogP contribution in [0.5, 0.6) is 5.75 Å². The average Bonchev–Trinajstić information content (AvgIpc) is 2.44. The number of rotatable bonds is 5. The van der Waals surface area contributed by atoms with Crippen LogP contribution in [0.1, 0.15) is 23.1 Å². The molecule has 0 heterocycles. The zero-order chi connectivity index (χ0) is 14.5. The van der Waals surface area contributed by atoms with Gasteiger partial charge in [-0.05, 0) is 61.1 Å². The molecular formula is C18H21BrO. The number of hydrogen-bond acceptors (Lipinski definition) is 1. The van der Waals surface area contributed by atoms with Gasteiger partial charge in [0.15, 0.2) is 0 Å². The molecule has 0 aliphatic heterocycles. The van der Waals surface area contributed by atoms with Gasteiger partial charge in [-0.2, -0.15) is 0 Å². The van der Waals surface area contributed by atoms with Crippen molar-refractivity contribution in [1.82, 2.24) is 0 Å². The summed E-state index contributed by atoms with van der Waals surface area (Å²) in [6.07, 6.45) is 1.02. The number of halogens is 1. The fourth-order valence-electron chi connectivity index (χ4n) is 2.34. The summed E-state index contributed by atoms with van der Waals surface area (Å²) in [5.41, 5.74) is 6.45. The van der Waals surface area contributed by atoms with E-state index in [9.17, 15) is 0 Å². The monoisotopic (exact) mass is 332 g/mol. The lowest BCUT2D eigenvalue weighted by molar-refractivity contribution is 0.317. The smallest absolute Gasteiger partial charge is 0.122 e. The third-order valence-corrected chi connectivity index (χ3v) is 4.28. The predicted molar refractivity (Wildman–Crippen MR) is 90.0 cm³/mol. The minimum absolute atomic E-state index is 0.752. The Morgan fingerprint density at radius 3 is 2.25 bits per heavy atom. The molecule has 2 aromatic rings. The van der Waals surface area contributed by atoms with E-state index in [1.54, 1.807) is 0 Å². The second kappa shape index (κ2) is 6.94. The molecule has 2 rings (SSSR count). The molecule has 0 aliphatic carbocycles. The molecule has 0 aromatic heterocycles. The van der Waals surface area contributed by atoms with Gasteiger partial charge in [-0.15, -0.1) is 0 Å². The molecule has 20 heavy (non-hydrogen) atoms. The number of benzene rings is 2. The topological polar surface area (TPSA) is 9.23 Å². The summed E-state index contributed by atoms with van der Waals surface area (Å²) in [6, 6.07) is 12.8. The van der Waals surface area contributed by atoms with Crippen molar-refractivity contribution in [2.75, 3.05) is 11.9 Å². The summed E-state index contributed by atoms with van der Waals surface area (Å²) < 4.78 is 5.88. The van der Waals surface area contributed by atoms with Crippen LogP contribution in [0.4, 0.5) is 0 Å². The van der Waals surface area contributed by atoms with Crippen molar-refractivity contribution in [2.24, 2.45) is 0 Å². The zero-order valence-electron chi connectivity index (χ0n) is 12.4. The summed E-state index contributed by atoms with van der Waals surface area (Å²) in [5.74, 6) is 0.990. The molecule has 0 atom stereocenters. The Balaban J connectivity index is 2.37. The quantitative estimate of drug-likeness (QED) is 0.523. The summed E-state index contributed by atoms with van der Waals surface area (Å²) >= 11 is 3.43. The van der Waals surface area contributed by atoms with Crippen molar-refractivity contribution in [1.29, 1.82) is 0 Å². The van der Waals surface area contributed by atoms with Crippen LogP contribution in [0.2, 0.25) is 0 Å². The molecule has 0 N–H and O–H groups in total. The summed E-state index contributed by atoms with van der Waals surface area (Å²) in [6.45, 7) is 7.23. The van der Waals surface area contributed by atoms with Gasteiger partial charge in [0.1, 0.15) is 5.75 Å². The highest BCUT2D eigenvalue weighted by Crippen LogP contribution is 2.32. The van der Waals surface area contributed by atoms with Gasteiger partial charge in [0.2, 0.25) is 0 Å². The Morgan fingerprint density at radius 2 is 1.55 bits per heavy atom. The van der Waals surface area contributed by atoms with E-state index in [0.29, 0.717) is 0 Å². The lowest BCUT2D eigenvalue weighted by atomic mass is 9.94. The lowest BCUT2D eigenvalue weighted by Gasteiger charge is -2.15. The Labute approximate surface area is 130 Å². The van der Waals surface area contributed by atoms with E-state index in [0.717, 1.165) is 24.1 Å². The standard InChI is InChI=1S/C18H21BrO/c1-13-7-4-8-16(14(13)2)17-9-5-10-18(15(17)3)20-12-6-11-19/h4-5,7-10H,6,11-12H2,1-3H3. The first-order chi connectivity index (χ1) is 9.65. The molecule has 2 heteroatoms. The van der Waals surface area contributed by atoms with Gasteiger partial charge < -0.3 is 4.74 Å². The first-order valence-corrected chi connectivity index (χ1v) is 8.12. The Bertz CT molecular complexity index is 590. The van der Waals surface area contributed by atoms with Crippen molar-refractivity contribution in [2.45, 2.75) is 27.2 Å². The minimum Gasteiger partial charge on any atom is -0.493 e. The SMILES string of the molecule is Cc1cccc(-c2cccc(OCCCBr)c2C)c1C. The predicted octanol–water partition coefficient (Wildman–Crippen LogP) is 5.44. The molecule has 0 saturated carbocycles. The maximum Gasteiger partial charge on any atom is 0.122 e. The van der Waals surface area contributed by atoms with Gasteiger partial charge in [-0.3, -0.25) is 0 Å². The summed E-state index contributed by atoms with van der Waals surface area (Å²) in [7, 11) is 0. The molecule has 106 valence electrons. The maximum atomic E-state index is 5.88. The summed E-state index contributed by atoms with van der Waals surface area (Å²) in [4.78, 5) is 0. The molecule has 0 aliphatic rings. The highest BCUT2D eigenvalue weighted by Gasteiger charge is 2.10. The molecule has 0 unspecified atom stereocenters. The second-order valence-corrected chi connectivity index (χ2v) is 5.86. The minimum atomic E-state index is 0.752. The zero-order valence-corrected chi connectivity index (χ0v) is 14.0. The van der Waals surface area contributed by atoms with Gasteiger partial charge in [0.05, 0.1) is 6.61 Å². The number of ether oxygens (including phenoxy) is 1. The van der Waals surface area contributed by atoms with Gasteiger partial charge in [0, 0.05) is 5.33 Å². The fourth-order valence-corrected chi connectivity index (χ4v) is 2.57. The van der Waals surface area contributed by atoms with Crippen LogP contribution in [0, 0.1) is 20.8 Å². The van der Waals surface area contributed by atoms with Crippen molar-refractivity contribution in [3.63, 3.8) is 0 Å². The van der Waals surface area contributed by atoms with Gasteiger partial charge in [-0.25, -0.2) is 0 Å². The molecule has 0 spiro atoms. The van der Waals surface area contributed by atoms with Crippen LogP contribution in [-0.4, -0.2) is 11.9 Å². The van der Waals surface area contributed by atoms with E-state index in [4.69, 9.17) is 4.74 Å². The fraction of sp³-hybridized carbons (Fsp3) is 0.333.